The molecule has 0 atom stereocenters. The van der Waals surface area contributed by atoms with Gasteiger partial charge >= 0.3 is 0 Å². The molecule has 208 valence electrons. The SMILES string of the molecule is COc1cc(/C=C2\SC(=S)N(c3ccccc3)C2=O)ccc1OCC(=O)Nc1ncc(Cc2cc(Cl)cc(Cl)c2)s1. The third-order valence-corrected chi connectivity index (χ3v) is 8.40. The van der Waals surface area contributed by atoms with Gasteiger partial charge in [0.25, 0.3) is 11.8 Å². The Morgan fingerprint density at radius 2 is 1.83 bits per heavy atom. The van der Waals surface area contributed by atoms with Gasteiger partial charge in [0.05, 0.1) is 17.7 Å². The van der Waals surface area contributed by atoms with Crippen molar-refractivity contribution in [3.8, 4) is 11.5 Å². The maximum Gasteiger partial charge on any atom is 0.270 e. The van der Waals surface area contributed by atoms with Crippen LogP contribution in [0.25, 0.3) is 6.08 Å². The van der Waals surface area contributed by atoms with Crippen LogP contribution in [0.1, 0.15) is 16.0 Å². The molecule has 1 aromatic heterocycles. The van der Waals surface area contributed by atoms with Gasteiger partial charge in [0, 0.05) is 27.5 Å². The Hall–Kier alpha value is -3.41. The molecule has 1 aliphatic heterocycles. The highest BCUT2D eigenvalue weighted by Gasteiger charge is 2.33. The van der Waals surface area contributed by atoms with E-state index in [0.717, 1.165) is 21.7 Å². The molecule has 3 aromatic carbocycles. The fourth-order valence-electron chi connectivity index (χ4n) is 3.97. The van der Waals surface area contributed by atoms with Crippen LogP contribution in [0.2, 0.25) is 10.0 Å². The number of anilines is 2. The molecule has 0 spiro atoms. The summed E-state index contributed by atoms with van der Waals surface area (Å²) in [5.74, 6) is 0.243. The summed E-state index contributed by atoms with van der Waals surface area (Å²) in [6.45, 7) is -0.246. The lowest BCUT2D eigenvalue weighted by molar-refractivity contribution is -0.118. The highest BCUT2D eigenvalue weighted by molar-refractivity contribution is 8.27. The number of benzene rings is 3. The smallest absolute Gasteiger partial charge is 0.270 e. The number of rotatable bonds is 9. The lowest BCUT2D eigenvalue weighted by atomic mass is 10.1. The van der Waals surface area contributed by atoms with Crippen LogP contribution >= 0.6 is 58.5 Å². The van der Waals surface area contributed by atoms with Crippen LogP contribution in [0.5, 0.6) is 11.5 Å². The van der Waals surface area contributed by atoms with Gasteiger partial charge in [0.1, 0.15) is 0 Å². The Bertz CT molecular complexity index is 1640. The topological polar surface area (TPSA) is 80.8 Å². The summed E-state index contributed by atoms with van der Waals surface area (Å²) in [6, 6.07) is 19.8. The number of amides is 2. The van der Waals surface area contributed by atoms with E-state index in [-0.39, 0.29) is 18.4 Å². The number of carbonyl (C=O) groups excluding carboxylic acids is 2. The number of hydrogen-bond donors (Lipinski definition) is 1. The van der Waals surface area contributed by atoms with Gasteiger partial charge in [0.2, 0.25) is 0 Å². The number of thiocarbonyl (C=S) groups is 1. The Morgan fingerprint density at radius 3 is 2.56 bits per heavy atom. The predicted octanol–water partition coefficient (Wildman–Crippen LogP) is 7.47. The maximum atomic E-state index is 13.0. The molecule has 7 nitrogen and oxygen atoms in total. The molecule has 0 bridgehead atoms. The molecule has 0 aliphatic carbocycles. The minimum Gasteiger partial charge on any atom is -0.493 e. The van der Waals surface area contributed by atoms with E-state index in [1.54, 1.807) is 36.5 Å². The van der Waals surface area contributed by atoms with Crippen LogP contribution in [-0.4, -0.2) is 34.8 Å². The number of ether oxygens (including phenoxy) is 2. The molecular weight excluding hydrogens is 621 g/mol. The number of hydrogen-bond acceptors (Lipinski definition) is 8. The minimum absolute atomic E-state index is 0.191. The van der Waals surface area contributed by atoms with Crippen molar-refractivity contribution >= 4 is 91.5 Å². The summed E-state index contributed by atoms with van der Waals surface area (Å²) in [5.41, 5.74) is 2.40. The number of nitrogens with zero attached hydrogens (tertiary/aromatic N) is 2. The zero-order valence-corrected chi connectivity index (χ0v) is 25.4. The first-order valence-electron chi connectivity index (χ1n) is 12.1. The zero-order chi connectivity index (χ0) is 28.9. The van der Waals surface area contributed by atoms with Crippen LogP contribution in [0.4, 0.5) is 10.8 Å². The van der Waals surface area contributed by atoms with E-state index in [1.165, 1.54) is 35.1 Å². The van der Waals surface area contributed by atoms with E-state index in [2.05, 4.69) is 10.3 Å². The Balaban J connectivity index is 1.19. The lowest BCUT2D eigenvalue weighted by Crippen LogP contribution is -2.27. The fourth-order valence-corrected chi connectivity index (χ4v) is 6.70. The molecule has 5 rings (SSSR count). The van der Waals surface area contributed by atoms with Crippen molar-refractivity contribution in [1.29, 1.82) is 0 Å². The second kappa shape index (κ2) is 13.1. The molecule has 2 heterocycles. The second-order valence-corrected chi connectivity index (χ2v) is 12.3. The predicted molar refractivity (Wildman–Crippen MR) is 171 cm³/mol. The number of aromatic nitrogens is 1. The van der Waals surface area contributed by atoms with Crippen molar-refractivity contribution in [3.63, 3.8) is 0 Å². The third-order valence-electron chi connectivity index (χ3n) is 5.75. The molecular formula is C29H21Cl2N3O4S3. The van der Waals surface area contributed by atoms with Crippen LogP contribution in [0.3, 0.4) is 0 Å². The number of para-hydroxylation sites is 1. The number of methoxy groups -OCH3 is 1. The van der Waals surface area contributed by atoms with Gasteiger partial charge in [-0.05, 0) is 59.7 Å². The number of nitrogens with one attached hydrogen (secondary N) is 1. The van der Waals surface area contributed by atoms with Gasteiger partial charge in [-0.3, -0.25) is 19.8 Å². The summed E-state index contributed by atoms with van der Waals surface area (Å²) in [6.07, 6.45) is 4.04. The molecule has 4 aromatic rings. The van der Waals surface area contributed by atoms with Crippen molar-refractivity contribution in [1.82, 2.24) is 4.98 Å². The largest absolute Gasteiger partial charge is 0.493 e. The fraction of sp³-hybridized carbons (Fsp3) is 0.103. The quantitative estimate of drug-likeness (QED) is 0.150. The van der Waals surface area contributed by atoms with E-state index < -0.39 is 0 Å². The van der Waals surface area contributed by atoms with E-state index >= 15 is 0 Å². The van der Waals surface area contributed by atoms with Crippen molar-refractivity contribution in [3.05, 3.63) is 104 Å². The number of carbonyl (C=O) groups is 2. The van der Waals surface area contributed by atoms with Crippen molar-refractivity contribution < 1.29 is 19.1 Å². The molecule has 41 heavy (non-hydrogen) atoms. The second-order valence-electron chi connectivity index (χ2n) is 8.69. The number of thioether (sulfide) groups is 1. The standard InChI is InChI=1S/C29H21Cl2N3O4S3/c1-37-24-12-17(13-25-27(36)34(29(39)41-25)21-5-3-2-4-6-21)7-8-23(24)38-16-26(35)33-28-32-15-22(40-28)11-18-9-19(30)14-20(31)10-18/h2-10,12-15H,11,16H2,1H3,(H,32,33,35)/b25-13-. The molecule has 0 radical (unpaired) electrons. The summed E-state index contributed by atoms with van der Waals surface area (Å²) in [7, 11) is 1.51. The number of halogens is 2. The molecule has 2 amide bonds. The summed E-state index contributed by atoms with van der Waals surface area (Å²) < 4.78 is 11.7. The van der Waals surface area contributed by atoms with Crippen LogP contribution in [-0.2, 0) is 16.0 Å². The minimum atomic E-state index is -0.368. The van der Waals surface area contributed by atoms with E-state index in [0.29, 0.717) is 42.3 Å². The first-order valence-corrected chi connectivity index (χ1v) is 14.9. The highest BCUT2D eigenvalue weighted by atomic mass is 35.5. The van der Waals surface area contributed by atoms with E-state index in [4.69, 9.17) is 44.9 Å². The first-order chi connectivity index (χ1) is 19.8. The molecule has 1 saturated heterocycles. The van der Waals surface area contributed by atoms with Gasteiger partial charge in [-0.2, -0.15) is 0 Å². The average Bonchev–Trinajstić information content (AvgIpc) is 3.49. The Kier molecular flexibility index (Phi) is 9.26. The lowest BCUT2D eigenvalue weighted by Gasteiger charge is -2.13. The van der Waals surface area contributed by atoms with Gasteiger partial charge in [0.15, 0.2) is 27.6 Å². The molecule has 1 N–H and O–H groups in total. The molecule has 1 aliphatic rings. The maximum absolute atomic E-state index is 13.0. The van der Waals surface area contributed by atoms with Gasteiger partial charge in [-0.25, -0.2) is 4.98 Å². The zero-order valence-electron chi connectivity index (χ0n) is 21.4. The highest BCUT2D eigenvalue weighted by Crippen LogP contribution is 2.37. The monoisotopic (exact) mass is 641 g/mol. The Morgan fingerprint density at radius 1 is 1.07 bits per heavy atom. The third kappa shape index (κ3) is 7.27. The molecule has 1 fully saturated rings. The average molecular weight is 643 g/mol. The van der Waals surface area contributed by atoms with Gasteiger partial charge in [-0.15, -0.1) is 11.3 Å². The normalized spacial score (nSPS) is 14.0. The molecule has 12 heteroatoms. The Labute approximate surface area is 260 Å². The van der Waals surface area contributed by atoms with Crippen molar-refractivity contribution in [2.45, 2.75) is 6.42 Å². The van der Waals surface area contributed by atoms with Crippen molar-refractivity contribution in [2.24, 2.45) is 0 Å². The van der Waals surface area contributed by atoms with E-state index in [9.17, 15) is 9.59 Å². The number of thiazole rings is 1. The van der Waals surface area contributed by atoms with Gasteiger partial charge in [-0.1, -0.05) is 71.4 Å². The van der Waals surface area contributed by atoms with Gasteiger partial charge < -0.3 is 9.47 Å². The summed E-state index contributed by atoms with van der Waals surface area (Å²) in [5, 5.41) is 4.33. The summed E-state index contributed by atoms with van der Waals surface area (Å²) in [4.78, 5) is 32.8. The summed E-state index contributed by atoms with van der Waals surface area (Å²) >= 11 is 20.2. The van der Waals surface area contributed by atoms with Crippen LogP contribution < -0.4 is 19.7 Å². The van der Waals surface area contributed by atoms with E-state index in [1.807, 2.05) is 42.5 Å². The molecule has 0 unspecified atom stereocenters. The van der Waals surface area contributed by atoms with Crippen LogP contribution in [0.15, 0.2) is 77.8 Å². The van der Waals surface area contributed by atoms with Crippen molar-refractivity contribution in [2.75, 3.05) is 23.9 Å². The van der Waals surface area contributed by atoms with Crippen LogP contribution in [0, 0.1) is 0 Å². The molecule has 0 saturated carbocycles. The first kappa shape index (κ1) is 29.1.